The molecular formula is C17H32N2S. The number of rotatable bonds is 3. The molecule has 3 aliphatic rings. The first-order valence-electron chi connectivity index (χ1n) is 8.86. The van der Waals surface area contributed by atoms with E-state index in [0.29, 0.717) is 0 Å². The molecule has 0 amide bonds. The molecule has 0 radical (unpaired) electrons. The zero-order valence-corrected chi connectivity index (χ0v) is 14.2. The quantitative estimate of drug-likeness (QED) is 0.785. The molecule has 0 aromatic carbocycles. The zero-order valence-electron chi connectivity index (χ0n) is 13.4. The van der Waals surface area contributed by atoms with Crippen LogP contribution in [-0.2, 0) is 0 Å². The first-order valence-corrected chi connectivity index (χ1v) is 10.1. The van der Waals surface area contributed by atoms with E-state index in [0.717, 1.165) is 23.4 Å². The maximum absolute atomic E-state index is 2.95. The third-order valence-corrected chi connectivity index (χ3v) is 7.11. The Morgan fingerprint density at radius 3 is 2.60 bits per heavy atom. The maximum Gasteiger partial charge on any atom is 0.0224 e. The number of nitrogens with zero attached hydrogens (tertiary/aromatic N) is 2. The number of piperidine rings is 1. The minimum Gasteiger partial charge on any atom is -0.298 e. The monoisotopic (exact) mass is 296 g/mol. The fourth-order valence-corrected chi connectivity index (χ4v) is 5.79. The molecule has 4 atom stereocenters. The molecule has 1 saturated carbocycles. The average molecular weight is 297 g/mol. The second kappa shape index (κ2) is 7.02. The van der Waals surface area contributed by atoms with E-state index in [1.807, 2.05) is 0 Å². The van der Waals surface area contributed by atoms with Crippen molar-refractivity contribution in [1.29, 1.82) is 0 Å². The highest BCUT2D eigenvalue weighted by molar-refractivity contribution is 7.99. The summed E-state index contributed by atoms with van der Waals surface area (Å²) in [6.45, 7) is 6.48. The van der Waals surface area contributed by atoms with Crippen LogP contribution in [0.1, 0.15) is 58.3 Å². The molecule has 0 aromatic rings. The van der Waals surface area contributed by atoms with Crippen molar-refractivity contribution in [2.75, 3.05) is 25.9 Å². The van der Waals surface area contributed by atoms with Gasteiger partial charge in [0.05, 0.1) is 0 Å². The molecule has 3 fully saturated rings. The predicted molar refractivity (Wildman–Crippen MR) is 89.6 cm³/mol. The first-order chi connectivity index (χ1) is 9.83. The lowest BCUT2D eigenvalue weighted by atomic mass is 9.88. The summed E-state index contributed by atoms with van der Waals surface area (Å²) < 4.78 is 0. The van der Waals surface area contributed by atoms with Crippen LogP contribution in [0, 0.1) is 0 Å². The van der Waals surface area contributed by atoms with Crippen molar-refractivity contribution in [2.24, 2.45) is 0 Å². The molecule has 0 aromatic heterocycles. The second-order valence-corrected chi connectivity index (χ2v) is 8.11. The summed E-state index contributed by atoms with van der Waals surface area (Å²) in [4.78, 5) is 5.76. The van der Waals surface area contributed by atoms with Gasteiger partial charge in [-0.05, 0) is 44.9 Å². The third-order valence-electron chi connectivity index (χ3n) is 5.95. The van der Waals surface area contributed by atoms with Crippen molar-refractivity contribution in [2.45, 2.75) is 81.7 Å². The molecule has 0 spiro atoms. The summed E-state index contributed by atoms with van der Waals surface area (Å²) in [5.74, 6) is 0. The third kappa shape index (κ3) is 3.05. The van der Waals surface area contributed by atoms with Gasteiger partial charge in [-0.15, -0.1) is 0 Å². The largest absolute Gasteiger partial charge is 0.298 e. The predicted octanol–water partition coefficient (Wildman–Crippen LogP) is 3.61. The fourth-order valence-electron chi connectivity index (χ4n) is 4.78. The van der Waals surface area contributed by atoms with E-state index in [1.165, 1.54) is 71.0 Å². The van der Waals surface area contributed by atoms with Crippen molar-refractivity contribution < 1.29 is 0 Å². The lowest BCUT2D eigenvalue weighted by Gasteiger charge is -2.53. The molecule has 4 unspecified atom stereocenters. The number of fused-ring (bicyclic) bond motifs is 1. The van der Waals surface area contributed by atoms with Gasteiger partial charge in [-0.2, -0.15) is 11.8 Å². The standard InChI is InChI=1S/C17H32N2S/c1-3-14-12-18-11-7-6-8-15(18)13-19(14)16-9-4-5-10-17(16)20-2/h14-17H,3-13H2,1-2H3. The molecule has 2 nitrogen and oxygen atoms in total. The Hall–Kier alpha value is 0.270. The summed E-state index contributed by atoms with van der Waals surface area (Å²) in [7, 11) is 0. The van der Waals surface area contributed by atoms with E-state index in [2.05, 4.69) is 34.7 Å². The van der Waals surface area contributed by atoms with Crippen LogP contribution in [0.4, 0.5) is 0 Å². The van der Waals surface area contributed by atoms with Crippen molar-refractivity contribution in [1.82, 2.24) is 9.80 Å². The lowest BCUT2D eigenvalue weighted by Crippen LogP contribution is -2.63. The molecule has 3 heteroatoms. The van der Waals surface area contributed by atoms with Gasteiger partial charge in [0.15, 0.2) is 0 Å². The van der Waals surface area contributed by atoms with E-state index in [9.17, 15) is 0 Å². The Bertz CT molecular complexity index is 309. The van der Waals surface area contributed by atoms with Gasteiger partial charge in [-0.25, -0.2) is 0 Å². The molecule has 0 N–H and O–H groups in total. The van der Waals surface area contributed by atoms with Gasteiger partial charge >= 0.3 is 0 Å². The Balaban J connectivity index is 1.72. The van der Waals surface area contributed by atoms with Crippen LogP contribution in [0.3, 0.4) is 0 Å². The number of hydrogen-bond acceptors (Lipinski definition) is 3. The van der Waals surface area contributed by atoms with Crippen LogP contribution >= 0.6 is 11.8 Å². The Kier molecular flexibility index (Phi) is 5.33. The molecular weight excluding hydrogens is 264 g/mol. The molecule has 116 valence electrons. The van der Waals surface area contributed by atoms with Gasteiger partial charge in [-0.1, -0.05) is 26.2 Å². The van der Waals surface area contributed by atoms with E-state index < -0.39 is 0 Å². The molecule has 20 heavy (non-hydrogen) atoms. The van der Waals surface area contributed by atoms with Crippen LogP contribution in [0.2, 0.25) is 0 Å². The summed E-state index contributed by atoms with van der Waals surface area (Å²) in [5, 5.41) is 0.896. The minimum absolute atomic E-state index is 0.821. The van der Waals surface area contributed by atoms with Gasteiger partial charge in [0, 0.05) is 36.5 Å². The summed E-state index contributed by atoms with van der Waals surface area (Å²) in [6, 6.07) is 2.56. The maximum atomic E-state index is 2.95. The summed E-state index contributed by atoms with van der Waals surface area (Å²) >= 11 is 2.13. The molecule has 0 bridgehead atoms. The Labute approximate surface area is 129 Å². The van der Waals surface area contributed by atoms with Gasteiger partial charge in [0.1, 0.15) is 0 Å². The van der Waals surface area contributed by atoms with Crippen molar-refractivity contribution in [3.05, 3.63) is 0 Å². The van der Waals surface area contributed by atoms with E-state index in [1.54, 1.807) is 0 Å². The normalized spacial score (nSPS) is 40.5. The van der Waals surface area contributed by atoms with Crippen molar-refractivity contribution in [3.8, 4) is 0 Å². The number of thioether (sulfide) groups is 1. The lowest BCUT2D eigenvalue weighted by molar-refractivity contribution is -0.0216. The molecule has 1 aliphatic carbocycles. The summed E-state index contributed by atoms with van der Waals surface area (Å²) in [6.07, 6.45) is 13.8. The molecule has 2 heterocycles. The number of hydrogen-bond donors (Lipinski definition) is 0. The highest BCUT2D eigenvalue weighted by Gasteiger charge is 2.40. The van der Waals surface area contributed by atoms with Crippen molar-refractivity contribution in [3.63, 3.8) is 0 Å². The Morgan fingerprint density at radius 1 is 1.00 bits per heavy atom. The SMILES string of the molecule is CCC1CN2CCCCC2CN1C1CCCCC1SC. The van der Waals surface area contributed by atoms with Crippen molar-refractivity contribution >= 4 is 11.8 Å². The summed E-state index contributed by atoms with van der Waals surface area (Å²) in [5.41, 5.74) is 0. The van der Waals surface area contributed by atoms with Crippen LogP contribution in [0.25, 0.3) is 0 Å². The molecule has 2 saturated heterocycles. The van der Waals surface area contributed by atoms with E-state index >= 15 is 0 Å². The van der Waals surface area contributed by atoms with E-state index in [4.69, 9.17) is 0 Å². The van der Waals surface area contributed by atoms with Crippen LogP contribution in [-0.4, -0.2) is 59.1 Å². The topological polar surface area (TPSA) is 6.48 Å². The zero-order chi connectivity index (χ0) is 13.9. The fraction of sp³-hybridized carbons (Fsp3) is 1.00. The van der Waals surface area contributed by atoms with Gasteiger partial charge in [0.2, 0.25) is 0 Å². The first kappa shape index (κ1) is 15.2. The van der Waals surface area contributed by atoms with E-state index in [-0.39, 0.29) is 0 Å². The van der Waals surface area contributed by atoms with Gasteiger partial charge in [0.25, 0.3) is 0 Å². The highest BCUT2D eigenvalue weighted by Crippen LogP contribution is 2.35. The Morgan fingerprint density at radius 2 is 1.80 bits per heavy atom. The number of piperazine rings is 1. The molecule has 3 rings (SSSR count). The smallest absolute Gasteiger partial charge is 0.0224 e. The minimum atomic E-state index is 0.821. The van der Waals surface area contributed by atoms with Crippen LogP contribution in [0.15, 0.2) is 0 Å². The van der Waals surface area contributed by atoms with Crippen LogP contribution in [0.5, 0.6) is 0 Å². The van der Waals surface area contributed by atoms with Crippen LogP contribution < -0.4 is 0 Å². The molecule has 2 aliphatic heterocycles. The second-order valence-electron chi connectivity index (χ2n) is 7.03. The van der Waals surface area contributed by atoms with Gasteiger partial charge < -0.3 is 0 Å². The average Bonchev–Trinajstić information content (AvgIpc) is 2.53. The highest BCUT2D eigenvalue weighted by atomic mass is 32.2. The van der Waals surface area contributed by atoms with Gasteiger partial charge in [-0.3, -0.25) is 9.80 Å².